The van der Waals surface area contributed by atoms with Crippen molar-refractivity contribution in [2.24, 2.45) is 4.99 Å². The van der Waals surface area contributed by atoms with Gasteiger partial charge in [-0.3, -0.25) is 9.89 Å². The molecule has 17 heavy (non-hydrogen) atoms. The fourth-order valence-electron chi connectivity index (χ4n) is 1.48. The van der Waals surface area contributed by atoms with E-state index in [0.29, 0.717) is 11.8 Å². The molecule has 3 N–H and O–H groups in total. The first kappa shape index (κ1) is 13.1. The molecular formula is C11H19N5O. The highest BCUT2D eigenvalue weighted by Crippen LogP contribution is 2.02. The van der Waals surface area contributed by atoms with Crippen LogP contribution in [0.1, 0.15) is 19.8 Å². The zero-order valence-corrected chi connectivity index (χ0v) is 10.3. The molecule has 0 radical (unpaired) electrons. The Morgan fingerprint density at radius 1 is 1.76 bits per heavy atom. The van der Waals surface area contributed by atoms with Crippen LogP contribution in [0, 0.1) is 0 Å². The summed E-state index contributed by atoms with van der Waals surface area (Å²) in [5.74, 6) is 0.895. The van der Waals surface area contributed by atoms with Gasteiger partial charge in [0.15, 0.2) is 0 Å². The first-order chi connectivity index (χ1) is 8.10. The smallest absolute Gasteiger partial charge is 0.266 e. The molecule has 0 saturated heterocycles. The van der Waals surface area contributed by atoms with E-state index in [-0.39, 0.29) is 5.56 Å². The molecule has 1 rings (SSSR count). The molecule has 1 aromatic heterocycles. The third-order valence-electron chi connectivity index (χ3n) is 2.35. The lowest BCUT2D eigenvalue weighted by atomic mass is 10.3. The normalized spacial score (nSPS) is 11.5. The molecule has 0 aromatic carbocycles. The summed E-state index contributed by atoms with van der Waals surface area (Å²) in [5.41, 5.74) is 5.48. The quantitative estimate of drug-likeness (QED) is 0.601. The van der Waals surface area contributed by atoms with Crippen LogP contribution in [0.3, 0.4) is 0 Å². The van der Waals surface area contributed by atoms with Crippen molar-refractivity contribution in [1.82, 2.24) is 14.7 Å². The molecule has 0 amide bonds. The number of aromatic amines is 1. The number of unbranched alkanes of at least 4 members (excludes halogenated alkanes) is 1. The molecule has 0 spiro atoms. The third kappa shape index (κ3) is 3.24. The monoisotopic (exact) mass is 237 g/mol. The van der Waals surface area contributed by atoms with Crippen molar-refractivity contribution in [3.63, 3.8) is 0 Å². The summed E-state index contributed by atoms with van der Waals surface area (Å²) in [6.45, 7) is 6.52. The summed E-state index contributed by atoms with van der Waals surface area (Å²) in [7, 11) is 1.90. The van der Waals surface area contributed by atoms with E-state index < -0.39 is 0 Å². The summed E-state index contributed by atoms with van der Waals surface area (Å²) >= 11 is 0. The summed E-state index contributed by atoms with van der Waals surface area (Å²) in [5, 5.41) is 2.60. The Balaban J connectivity index is 3.01. The molecule has 94 valence electrons. The molecule has 0 aliphatic rings. The Morgan fingerprint density at radius 2 is 2.47 bits per heavy atom. The molecule has 0 atom stereocenters. The molecule has 6 heteroatoms. The Kier molecular flexibility index (Phi) is 4.56. The number of hydrogen-bond donors (Lipinski definition) is 2. The topological polar surface area (TPSA) is 79.4 Å². The molecule has 6 nitrogen and oxygen atoms in total. The van der Waals surface area contributed by atoms with Crippen molar-refractivity contribution in [1.29, 1.82) is 0 Å². The molecular weight excluding hydrogens is 218 g/mol. The average molecular weight is 237 g/mol. The van der Waals surface area contributed by atoms with Gasteiger partial charge >= 0.3 is 0 Å². The van der Waals surface area contributed by atoms with Crippen molar-refractivity contribution < 1.29 is 0 Å². The van der Waals surface area contributed by atoms with E-state index in [1.54, 1.807) is 0 Å². The van der Waals surface area contributed by atoms with Crippen molar-refractivity contribution in [2.75, 3.05) is 19.3 Å². The van der Waals surface area contributed by atoms with Crippen molar-refractivity contribution >= 4 is 11.8 Å². The maximum atomic E-state index is 11.2. The van der Waals surface area contributed by atoms with Gasteiger partial charge in [-0.1, -0.05) is 19.9 Å². The van der Waals surface area contributed by atoms with E-state index in [1.807, 2.05) is 11.9 Å². The number of nitrogens with zero attached hydrogens (tertiary/aromatic N) is 3. The minimum atomic E-state index is -0.247. The van der Waals surface area contributed by atoms with E-state index in [9.17, 15) is 4.79 Å². The SMILES string of the molecule is C=CN=C(N(C)CCCC)n1[nH]c(=O)cc1N. The van der Waals surface area contributed by atoms with Crippen LogP contribution in [0.25, 0.3) is 0 Å². The number of aliphatic imine (C=N–C) groups is 1. The first-order valence-corrected chi connectivity index (χ1v) is 5.58. The number of anilines is 1. The van der Waals surface area contributed by atoms with Crippen LogP contribution in [0.4, 0.5) is 5.82 Å². The van der Waals surface area contributed by atoms with Crippen molar-refractivity contribution in [2.45, 2.75) is 19.8 Å². The fourth-order valence-corrected chi connectivity index (χ4v) is 1.48. The predicted molar refractivity (Wildman–Crippen MR) is 70.0 cm³/mol. The van der Waals surface area contributed by atoms with Crippen LogP contribution in [-0.4, -0.2) is 34.2 Å². The molecule has 0 aliphatic heterocycles. The van der Waals surface area contributed by atoms with Gasteiger partial charge < -0.3 is 10.6 Å². The lowest BCUT2D eigenvalue weighted by molar-refractivity contribution is 0.464. The second-order valence-corrected chi connectivity index (χ2v) is 3.77. The first-order valence-electron chi connectivity index (χ1n) is 5.58. The van der Waals surface area contributed by atoms with Gasteiger partial charge in [-0.15, -0.1) is 0 Å². The number of nitrogen functional groups attached to an aromatic ring is 1. The number of nitrogens with one attached hydrogen (secondary N) is 1. The van der Waals surface area contributed by atoms with Crippen molar-refractivity contribution in [3.05, 3.63) is 29.2 Å². The average Bonchev–Trinajstić information content (AvgIpc) is 2.62. The third-order valence-corrected chi connectivity index (χ3v) is 2.35. The minimum Gasteiger partial charge on any atom is -0.383 e. The molecule has 1 aromatic rings. The van der Waals surface area contributed by atoms with E-state index >= 15 is 0 Å². The number of rotatable bonds is 4. The van der Waals surface area contributed by atoms with Crippen molar-refractivity contribution in [3.8, 4) is 0 Å². The van der Waals surface area contributed by atoms with Crippen LogP contribution in [0.5, 0.6) is 0 Å². The largest absolute Gasteiger partial charge is 0.383 e. The maximum absolute atomic E-state index is 11.2. The van der Waals surface area contributed by atoms with Gasteiger partial charge in [0.1, 0.15) is 5.82 Å². The van der Waals surface area contributed by atoms with E-state index in [1.165, 1.54) is 16.9 Å². The van der Waals surface area contributed by atoms with E-state index in [0.717, 1.165) is 19.4 Å². The van der Waals surface area contributed by atoms with Gasteiger partial charge in [0.05, 0.1) is 0 Å². The van der Waals surface area contributed by atoms with Gasteiger partial charge in [-0.2, -0.15) is 0 Å². The summed E-state index contributed by atoms with van der Waals surface area (Å²) < 4.78 is 1.46. The molecule has 1 heterocycles. The highest BCUT2D eigenvalue weighted by Gasteiger charge is 2.11. The summed E-state index contributed by atoms with van der Waals surface area (Å²) in [6, 6.07) is 1.33. The van der Waals surface area contributed by atoms with Gasteiger partial charge in [-0.05, 0) is 6.42 Å². The highest BCUT2D eigenvalue weighted by molar-refractivity contribution is 5.84. The second kappa shape index (κ2) is 5.93. The lowest BCUT2D eigenvalue weighted by Gasteiger charge is -2.21. The number of nitrogens with two attached hydrogens (primary N) is 1. The van der Waals surface area contributed by atoms with Gasteiger partial charge in [0.2, 0.25) is 5.96 Å². The predicted octanol–water partition coefficient (Wildman–Crippen LogP) is 0.838. The zero-order valence-electron chi connectivity index (χ0n) is 10.3. The van der Waals surface area contributed by atoms with Crippen LogP contribution in [-0.2, 0) is 0 Å². The zero-order chi connectivity index (χ0) is 12.8. The minimum absolute atomic E-state index is 0.247. The van der Waals surface area contributed by atoms with E-state index in [4.69, 9.17) is 5.73 Å². The summed E-state index contributed by atoms with van der Waals surface area (Å²) in [6.07, 6.45) is 3.55. The molecule has 0 unspecified atom stereocenters. The van der Waals surface area contributed by atoms with Gasteiger partial charge in [0.25, 0.3) is 5.56 Å². The van der Waals surface area contributed by atoms with Crippen LogP contribution >= 0.6 is 0 Å². The number of hydrogen-bond acceptors (Lipinski definition) is 3. The maximum Gasteiger partial charge on any atom is 0.266 e. The Labute approximate surface area is 100 Å². The second-order valence-electron chi connectivity index (χ2n) is 3.77. The van der Waals surface area contributed by atoms with Crippen LogP contribution in [0.15, 0.2) is 28.6 Å². The fraction of sp³-hybridized carbons (Fsp3) is 0.455. The molecule has 0 aliphatic carbocycles. The van der Waals surface area contributed by atoms with Gasteiger partial charge in [0, 0.05) is 25.9 Å². The molecule has 0 fully saturated rings. The Morgan fingerprint density at radius 3 is 2.94 bits per heavy atom. The molecule has 0 bridgehead atoms. The van der Waals surface area contributed by atoms with Gasteiger partial charge in [-0.25, -0.2) is 9.67 Å². The number of aromatic nitrogens is 2. The Bertz CT molecular complexity index is 457. The Hall–Kier alpha value is -1.98. The summed E-state index contributed by atoms with van der Waals surface area (Å²) in [4.78, 5) is 17.3. The van der Waals surface area contributed by atoms with E-state index in [2.05, 4.69) is 23.6 Å². The highest BCUT2D eigenvalue weighted by atomic mass is 16.1. The molecule has 0 saturated carbocycles. The standard InChI is InChI=1S/C11H19N5O/c1-4-6-7-15(3)11(13-5-2)16-9(12)8-10(17)14-16/h5,8H,2,4,6-7,12H2,1,3H3,(H,14,17). The van der Waals surface area contributed by atoms with Crippen LogP contribution in [0.2, 0.25) is 0 Å². The lowest BCUT2D eigenvalue weighted by Crippen LogP contribution is -2.35. The van der Waals surface area contributed by atoms with Crippen LogP contribution < -0.4 is 11.3 Å². The number of H-pyrrole nitrogens is 1.